The molecule has 6 nitrogen and oxygen atoms in total. The zero-order valence-corrected chi connectivity index (χ0v) is 14.8. The van der Waals surface area contributed by atoms with E-state index in [9.17, 15) is 14.4 Å². The maximum Gasteiger partial charge on any atom is 0.231 e. The van der Waals surface area contributed by atoms with E-state index < -0.39 is 5.41 Å². The summed E-state index contributed by atoms with van der Waals surface area (Å²) >= 11 is 1.24. The van der Waals surface area contributed by atoms with E-state index in [1.807, 2.05) is 20.8 Å². The highest BCUT2D eigenvalue weighted by molar-refractivity contribution is 7.14. The second-order valence-corrected chi connectivity index (χ2v) is 7.78. The largest absolute Gasteiger partial charge is 0.341 e. The molecule has 0 unspecified atom stereocenters. The molecule has 2 amide bonds. The van der Waals surface area contributed by atoms with Gasteiger partial charge in [-0.15, -0.1) is 11.3 Å². The molecule has 2 rings (SSSR count). The van der Waals surface area contributed by atoms with Gasteiger partial charge in [0, 0.05) is 30.8 Å². The first kappa shape index (κ1) is 17.6. The van der Waals surface area contributed by atoms with Crippen molar-refractivity contribution in [2.24, 2.45) is 11.3 Å². The third-order valence-electron chi connectivity index (χ3n) is 3.82. The smallest absolute Gasteiger partial charge is 0.231 e. The van der Waals surface area contributed by atoms with E-state index in [0.29, 0.717) is 23.9 Å². The van der Waals surface area contributed by atoms with E-state index in [2.05, 4.69) is 10.3 Å². The number of likely N-dealkylation sites (tertiary alicyclic amines) is 1. The number of amides is 2. The SMILES string of the molecule is CC(=O)c1csc(NC(=O)[C@H]2CCCN(C(=O)C(C)(C)C)C2)n1. The molecule has 1 N–H and O–H groups in total. The number of piperidine rings is 1. The zero-order valence-electron chi connectivity index (χ0n) is 14.0. The van der Waals surface area contributed by atoms with Crippen LogP contribution in [0.15, 0.2) is 5.38 Å². The fourth-order valence-corrected chi connectivity index (χ4v) is 3.30. The van der Waals surface area contributed by atoms with Gasteiger partial charge in [-0.1, -0.05) is 20.8 Å². The van der Waals surface area contributed by atoms with Gasteiger partial charge in [0.1, 0.15) is 5.69 Å². The highest BCUT2D eigenvalue weighted by atomic mass is 32.1. The molecule has 0 aromatic carbocycles. The summed E-state index contributed by atoms with van der Waals surface area (Å²) in [5, 5.41) is 4.83. The van der Waals surface area contributed by atoms with Crippen molar-refractivity contribution in [3.63, 3.8) is 0 Å². The van der Waals surface area contributed by atoms with Crippen molar-refractivity contribution in [1.29, 1.82) is 0 Å². The van der Waals surface area contributed by atoms with Crippen molar-refractivity contribution in [3.05, 3.63) is 11.1 Å². The quantitative estimate of drug-likeness (QED) is 0.860. The van der Waals surface area contributed by atoms with Gasteiger partial charge in [0.2, 0.25) is 11.8 Å². The van der Waals surface area contributed by atoms with E-state index in [-0.39, 0.29) is 23.5 Å². The number of rotatable bonds is 3. The van der Waals surface area contributed by atoms with Crippen LogP contribution in [0.25, 0.3) is 0 Å². The Labute approximate surface area is 140 Å². The van der Waals surface area contributed by atoms with Crippen LogP contribution in [-0.2, 0) is 9.59 Å². The van der Waals surface area contributed by atoms with Crippen LogP contribution in [0.5, 0.6) is 0 Å². The van der Waals surface area contributed by atoms with Crippen LogP contribution in [0, 0.1) is 11.3 Å². The molecular weight excluding hydrogens is 314 g/mol. The predicted molar refractivity (Wildman–Crippen MR) is 89.5 cm³/mol. The maximum absolute atomic E-state index is 12.4. The van der Waals surface area contributed by atoms with Crippen LogP contribution >= 0.6 is 11.3 Å². The summed E-state index contributed by atoms with van der Waals surface area (Å²) in [6, 6.07) is 0. The molecule has 23 heavy (non-hydrogen) atoms. The molecule has 0 saturated carbocycles. The molecule has 1 fully saturated rings. The number of nitrogens with zero attached hydrogens (tertiary/aromatic N) is 2. The monoisotopic (exact) mass is 337 g/mol. The molecule has 1 aromatic heterocycles. The second-order valence-electron chi connectivity index (χ2n) is 6.92. The first-order valence-electron chi connectivity index (χ1n) is 7.75. The van der Waals surface area contributed by atoms with Gasteiger partial charge in [-0.25, -0.2) is 4.98 Å². The number of ketones is 1. The van der Waals surface area contributed by atoms with Crippen LogP contribution in [0.3, 0.4) is 0 Å². The van der Waals surface area contributed by atoms with E-state index in [1.54, 1.807) is 10.3 Å². The Morgan fingerprint density at radius 3 is 2.61 bits per heavy atom. The van der Waals surface area contributed by atoms with Crippen molar-refractivity contribution in [2.75, 3.05) is 18.4 Å². The molecule has 2 heterocycles. The molecular formula is C16H23N3O3S. The molecule has 1 saturated heterocycles. The van der Waals surface area contributed by atoms with Gasteiger partial charge in [-0.3, -0.25) is 14.4 Å². The molecule has 7 heteroatoms. The van der Waals surface area contributed by atoms with Crippen LogP contribution in [0.4, 0.5) is 5.13 Å². The fraction of sp³-hybridized carbons (Fsp3) is 0.625. The third-order valence-corrected chi connectivity index (χ3v) is 4.57. The van der Waals surface area contributed by atoms with Crippen molar-refractivity contribution < 1.29 is 14.4 Å². The molecule has 1 aliphatic heterocycles. The third kappa shape index (κ3) is 4.37. The minimum Gasteiger partial charge on any atom is -0.341 e. The molecule has 0 aliphatic carbocycles. The maximum atomic E-state index is 12.4. The number of anilines is 1. The van der Waals surface area contributed by atoms with Gasteiger partial charge in [0.25, 0.3) is 0 Å². The Morgan fingerprint density at radius 1 is 1.35 bits per heavy atom. The summed E-state index contributed by atoms with van der Waals surface area (Å²) in [5.41, 5.74) is -0.0807. The average molecular weight is 337 g/mol. The predicted octanol–water partition coefficient (Wildman–Crippen LogP) is 2.57. The van der Waals surface area contributed by atoms with Crippen molar-refractivity contribution in [1.82, 2.24) is 9.88 Å². The lowest BCUT2D eigenvalue weighted by Crippen LogP contribution is -2.47. The van der Waals surface area contributed by atoms with Crippen LogP contribution in [0.2, 0.25) is 0 Å². The summed E-state index contributed by atoms with van der Waals surface area (Å²) in [6.45, 7) is 8.24. The Bertz CT molecular complexity index is 618. The molecule has 0 bridgehead atoms. The van der Waals surface area contributed by atoms with Crippen molar-refractivity contribution >= 4 is 34.1 Å². The molecule has 1 atom stereocenters. The van der Waals surface area contributed by atoms with Crippen LogP contribution < -0.4 is 5.32 Å². The van der Waals surface area contributed by atoms with Crippen LogP contribution in [0.1, 0.15) is 51.0 Å². The van der Waals surface area contributed by atoms with Gasteiger partial charge >= 0.3 is 0 Å². The zero-order chi connectivity index (χ0) is 17.2. The number of hydrogen-bond acceptors (Lipinski definition) is 5. The van der Waals surface area contributed by atoms with Crippen molar-refractivity contribution in [3.8, 4) is 0 Å². The number of carbonyl (C=O) groups excluding carboxylic acids is 3. The molecule has 126 valence electrons. The lowest BCUT2D eigenvalue weighted by atomic mass is 9.91. The van der Waals surface area contributed by atoms with Crippen molar-refractivity contribution in [2.45, 2.75) is 40.5 Å². The average Bonchev–Trinajstić information content (AvgIpc) is 2.94. The summed E-state index contributed by atoms with van der Waals surface area (Å²) in [5.74, 6) is -0.426. The molecule has 1 aliphatic rings. The van der Waals surface area contributed by atoms with Gasteiger partial charge in [0.05, 0.1) is 5.92 Å². The number of aromatic nitrogens is 1. The van der Waals surface area contributed by atoms with E-state index in [0.717, 1.165) is 12.8 Å². The minimum atomic E-state index is -0.440. The molecule has 1 aromatic rings. The number of Topliss-reactive ketones (excluding diaryl/α,β-unsaturated/α-hetero) is 1. The number of thiazole rings is 1. The Hall–Kier alpha value is -1.76. The lowest BCUT2D eigenvalue weighted by Gasteiger charge is -2.35. The first-order valence-corrected chi connectivity index (χ1v) is 8.63. The standard InChI is InChI=1S/C16H23N3O3S/c1-10(20)12-9-23-15(17-12)18-13(21)11-6-5-7-19(8-11)14(22)16(2,3)4/h9,11H,5-8H2,1-4H3,(H,17,18,21)/t11-/m0/s1. The summed E-state index contributed by atoms with van der Waals surface area (Å²) < 4.78 is 0. The van der Waals surface area contributed by atoms with E-state index in [1.165, 1.54) is 18.3 Å². The molecule has 0 spiro atoms. The summed E-state index contributed by atoms with van der Waals surface area (Å²) in [7, 11) is 0. The highest BCUT2D eigenvalue weighted by Gasteiger charge is 2.33. The highest BCUT2D eigenvalue weighted by Crippen LogP contribution is 2.25. The van der Waals surface area contributed by atoms with Gasteiger partial charge in [0.15, 0.2) is 10.9 Å². The van der Waals surface area contributed by atoms with E-state index >= 15 is 0 Å². The Balaban J connectivity index is 1.99. The normalized spacial score (nSPS) is 18.6. The summed E-state index contributed by atoms with van der Waals surface area (Å²) in [4.78, 5) is 41.9. The van der Waals surface area contributed by atoms with E-state index in [4.69, 9.17) is 0 Å². The number of hydrogen-bond donors (Lipinski definition) is 1. The second kappa shape index (κ2) is 6.78. The molecule has 0 radical (unpaired) electrons. The Kier molecular flexibility index (Phi) is 5.19. The topological polar surface area (TPSA) is 79.4 Å². The van der Waals surface area contributed by atoms with Gasteiger partial charge in [-0.2, -0.15) is 0 Å². The first-order chi connectivity index (χ1) is 10.7. The number of nitrogens with one attached hydrogen (secondary N) is 1. The Morgan fingerprint density at radius 2 is 2.04 bits per heavy atom. The van der Waals surface area contributed by atoms with Gasteiger partial charge < -0.3 is 10.2 Å². The van der Waals surface area contributed by atoms with Gasteiger partial charge in [-0.05, 0) is 12.8 Å². The number of carbonyl (C=O) groups is 3. The minimum absolute atomic E-state index is 0.0723. The van der Waals surface area contributed by atoms with Crippen LogP contribution in [-0.4, -0.2) is 40.6 Å². The summed E-state index contributed by atoms with van der Waals surface area (Å²) in [6.07, 6.45) is 1.57. The fourth-order valence-electron chi connectivity index (χ4n) is 2.55. The lowest BCUT2D eigenvalue weighted by molar-refractivity contribution is -0.142.